The van der Waals surface area contributed by atoms with Crippen LogP contribution in [-0.4, -0.2) is 7.11 Å². The van der Waals surface area contributed by atoms with E-state index in [-0.39, 0.29) is 0 Å². The van der Waals surface area contributed by atoms with E-state index in [1.165, 1.54) is 0 Å². The summed E-state index contributed by atoms with van der Waals surface area (Å²) in [7, 11) is 1.63. The molecule has 0 radical (unpaired) electrons. The van der Waals surface area contributed by atoms with Gasteiger partial charge in [-0.05, 0) is 67.8 Å². The number of alkyl halides is 1. The van der Waals surface area contributed by atoms with Gasteiger partial charge in [0.05, 0.1) is 16.1 Å². The molecule has 5 heteroatoms. The minimum absolute atomic E-state index is 0.477. The van der Waals surface area contributed by atoms with E-state index in [9.17, 15) is 0 Å². The molecule has 19 heavy (non-hydrogen) atoms. The Hall–Kier alpha value is -0.710. The smallest absolute Gasteiger partial charge is 0.141 e. The van der Waals surface area contributed by atoms with Crippen LogP contribution >= 0.6 is 43.5 Å². The zero-order chi connectivity index (χ0) is 13.8. The SMILES string of the molecule is COc1ccc(Oc2ccc(CCl)cc2Br)c(Br)c1. The van der Waals surface area contributed by atoms with Crippen LogP contribution in [0.15, 0.2) is 45.3 Å². The van der Waals surface area contributed by atoms with Crippen LogP contribution in [-0.2, 0) is 5.88 Å². The van der Waals surface area contributed by atoms with Crippen LogP contribution in [0.4, 0.5) is 0 Å². The third-order valence-corrected chi connectivity index (χ3v) is 4.06. The maximum absolute atomic E-state index is 5.85. The zero-order valence-electron chi connectivity index (χ0n) is 10.1. The molecule has 0 unspecified atom stereocenters. The monoisotopic (exact) mass is 404 g/mol. The molecule has 0 N–H and O–H groups in total. The van der Waals surface area contributed by atoms with Gasteiger partial charge in [-0.1, -0.05) is 6.07 Å². The highest BCUT2D eigenvalue weighted by molar-refractivity contribution is 9.11. The summed E-state index contributed by atoms with van der Waals surface area (Å²) in [6, 6.07) is 11.3. The van der Waals surface area contributed by atoms with Crippen molar-refractivity contribution in [2.75, 3.05) is 7.11 Å². The molecule has 0 aromatic heterocycles. The van der Waals surface area contributed by atoms with Gasteiger partial charge in [0.25, 0.3) is 0 Å². The van der Waals surface area contributed by atoms with E-state index in [0.29, 0.717) is 5.88 Å². The first-order valence-electron chi connectivity index (χ1n) is 5.50. The normalized spacial score (nSPS) is 10.3. The molecular weight excluding hydrogens is 395 g/mol. The Morgan fingerprint density at radius 2 is 1.63 bits per heavy atom. The fraction of sp³-hybridized carbons (Fsp3) is 0.143. The minimum Gasteiger partial charge on any atom is -0.497 e. The molecule has 0 saturated carbocycles. The van der Waals surface area contributed by atoms with Gasteiger partial charge in [-0.2, -0.15) is 0 Å². The first-order valence-corrected chi connectivity index (χ1v) is 7.62. The fourth-order valence-electron chi connectivity index (χ4n) is 1.52. The summed E-state index contributed by atoms with van der Waals surface area (Å²) >= 11 is 12.7. The van der Waals surface area contributed by atoms with Crippen molar-refractivity contribution < 1.29 is 9.47 Å². The fourth-order valence-corrected chi connectivity index (χ4v) is 2.63. The van der Waals surface area contributed by atoms with Gasteiger partial charge in [0.15, 0.2) is 0 Å². The second-order valence-electron chi connectivity index (χ2n) is 3.80. The highest BCUT2D eigenvalue weighted by atomic mass is 79.9. The number of rotatable bonds is 4. The van der Waals surface area contributed by atoms with E-state index >= 15 is 0 Å². The number of hydrogen-bond acceptors (Lipinski definition) is 2. The maximum Gasteiger partial charge on any atom is 0.141 e. The molecule has 0 bridgehead atoms. The molecule has 0 saturated heterocycles. The molecule has 0 aliphatic heterocycles. The van der Waals surface area contributed by atoms with Crippen LogP contribution in [0, 0.1) is 0 Å². The van der Waals surface area contributed by atoms with Gasteiger partial charge in [-0.25, -0.2) is 0 Å². The van der Waals surface area contributed by atoms with Crippen molar-refractivity contribution in [2.24, 2.45) is 0 Å². The third-order valence-electron chi connectivity index (χ3n) is 2.51. The average Bonchev–Trinajstić information content (AvgIpc) is 2.42. The summed E-state index contributed by atoms with van der Waals surface area (Å²) in [5, 5.41) is 0. The summed E-state index contributed by atoms with van der Waals surface area (Å²) in [5.41, 5.74) is 1.04. The summed E-state index contributed by atoms with van der Waals surface area (Å²) in [6.07, 6.45) is 0. The highest BCUT2D eigenvalue weighted by Gasteiger charge is 2.08. The molecule has 0 heterocycles. The largest absolute Gasteiger partial charge is 0.497 e. The Labute approximate surface area is 133 Å². The molecule has 0 amide bonds. The van der Waals surface area contributed by atoms with Crippen LogP contribution in [0.3, 0.4) is 0 Å². The van der Waals surface area contributed by atoms with Crippen LogP contribution in [0.25, 0.3) is 0 Å². The van der Waals surface area contributed by atoms with Crippen LogP contribution in [0.2, 0.25) is 0 Å². The molecule has 100 valence electrons. The second-order valence-corrected chi connectivity index (χ2v) is 5.77. The van der Waals surface area contributed by atoms with Crippen molar-refractivity contribution in [3.63, 3.8) is 0 Å². The minimum atomic E-state index is 0.477. The molecular formula is C14H11Br2ClO2. The number of ether oxygens (including phenoxy) is 2. The number of benzene rings is 2. The number of methoxy groups -OCH3 is 1. The molecule has 2 nitrogen and oxygen atoms in total. The number of halogens is 3. The Morgan fingerprint density at radius 3 is 2.16 bits per heavy atom. The van der Waals surface area contributed by atoms with E-state index in [2.05, 4.69) is 31.9 Å². The lowest BCUT2D eigenvalue weighted by atomic mass is 10.2. The van der Waals surface area contributed by atoms with Gasteiger partial charge in [0.1, 0.15) is 17.2 Å². The highest BCUT2D eigenvalue weighted by Crippen LogP contribution is 2.36. The lowest BCUT2D eigenvalue weighted by Crippen LogP contribution is -1.89. The van der Waals surface area contributed by atoms with Gasteiger partial charge in [0.2, 0.25) is 0 Å². The van der Waals surface area contributed by atoms with E-state index in [1.54, 1.807) is 7.11 Å². The second kappa shape index (κ2) is 6.64. The summed E-state index contributed by atoms with van der Waals surface area (Å²) < 4.78 is 12.7. The lowest BCUT2D eigenvalue weighted by molar-refractivity contribution is 0.412. The Kier molecular flexibility index (Phi) is 5.13. The zero-order valence-corrected chi connectivity index (χ0v) is 14.0. The lowest BCUT2D eigenvalue weighted by Gasteiger charge is -2.11. The summed E-state index contributed by atoms with van der Waals surface area (Å²) in [6.45, 7) is 0. The van der Waals surface area contributed by atoms with E-state index in [1.807, 2.05) is 36.4 Å². The van der Waals surface area contributed by atoms with Crippen molar-refractivity contribution in [3.05, 3.63) is 50.9 Å². The predicted octanol–water partition coefficient (Wildman–Crippen LogP) is 5.75. The summed E-state index contributed by atoms with van der Waals surface area (Å²) in [5.74, 6) is 2.71. The average molecular weight is 407 g/mol. The number of hydrogen-bond donors (Lipinski definition) is 0. The van der Waals surface area contributed by atoms with Crippen LogP contribution in [0.5, 0.6) is 17.2 Å². The van der Waals surface area contributed by atoms with Gasteiger partial charge >= 0.3 is 0 Å². The molecule has 2 rings (SSSR count). The van der Waals surface area contributed by atoms with Gasteiger partial charge in [-0.15, -0.1) is 11.6 Å². The summed E-state index contributed by atoms with van der Waals surface area (Å²) in [4.78, 5) is 0. The molecule has 0 spiro atoms. The van der Waals surface area contributed by atoms with Crippen molar-refractivity contribution in [1.29, 1.82) is 0 Å². The quantitative estimate of drug-likeness (QED) is 0.602. The van der Waals surface area contributed by atoms with Gasteiger partial charge in [-0.3, -0.25) is 0 Å². The van der Waals surface area contributed by atoms with Crippen molar-refractivity contribution in [2.45, 2.75) is 5.88 Å². The first-order chi connectivity index (χ1) is 9.13. The standard InChI is InChI=1S/C14H11Br2ClO2/c1-18-10-3-5-14(12(16)7-10)19-13-4-2-9(8-17)6-11(13)15/h2-7H,8H2,1H3. The Bertz CT molecular complexity index is 536. The molecule has 2 aromatic rings. The van der Waals surface area contributed by atoms with Crippen molar-refractivity contribution in [3.8, 4) is 17.2 Å². The van der Waals surface area contributed by atoms with E-state index in [4.69, 9.17) is 21.1 Å². The van der Waals surface area contributed by atoms with Gasteiger partial charge < -0.3 is 9.47 Å². The molecule has 0 aliphatic carbocycles. The third kappa shape index (κ3) is 3.65. The molecule has 0 aliphatic rings. The maximum atomic E-state index is 5.85. The van der Waals surface area contributed by atoms with Gasteiger partial charge in [0, 0.05) is 5.88 Å². The Balaban J connectivity index is 2.26. The van der Waals surface area contributed by atoms with Crippen LogP contribution in [0.1, 0.15) is 5.56 Å². The first kappa shape index (κ1) is 14.7. The Morgan fingerprint density at radius 1 is 1.00 bits per heavy atom. The predicted molar refractivity (Wildman–Crippen MR) is 84.5 cm³/mol. The molecule has 0 atom stereocenters. The van der Waals surface area contributed by atoms with Crippen molar-refractivity contribution in [1.82, 2.24) is 0 Å². The van der Waals surface area contributed by atoms with Crippen molar-refractivity contribution >= 4 is 43.5 Å². The molecule has 2 aromatic carbocycles. The van der Waals surface area contributed by atoms with Crippen LogP contribution < -0.4 is 9.47 Å². The van der Waals surface area contributed by atoms with E-state index < -0.39 is 0 Å². The van der Waals surface area contributed by atoms with E-state index in [0.717, 1.165) is 31.8 Å². The molecule has 0 fully saturated rings. The topological polar surface area (TPSA) is 18.5 Å².